The Hall–Kier alpha value is -3.15. The maximum atomic E-state index is 12.9. The molecule has 31 heavy (non-hydrogen) atoms. The van der Waals surface area contributed by atoms with E-state index in [0.29, 0.717) is 15.6 Å². The minimum Gasteiger partial charge on any atom is -0.334 e. The highest BCUT2D eigenvalue weighted by molar-refractivity contribution is 6.30. The molecule has 1 aliphatic rings. The van der Waals surface area contributed by atoms with Crippen molar-refractivity contribution in [3.8, 4) is 0 Å². The molecule has 0 bridgehead atoms. The lowest BCUT2D eigenvalue weighted by Crippen LogP contribution is -2.42. The third-order valence-electron chi connectivity index (χ3n) is 5.11. The number of carbonyl (C=O) groups is 2. The van der Waals surface area contributed by atoms with Gasteiger partial charge in [-0.25, -0.2) is 0 Å². The third-order valence-corrected chi connectivity index (χ3v) is 5.61. The SMILES string of the molecule is Cc1ccc(/C=[N+]2\NC(=O)[C@@H](NC(=O)c3ccc(Cl)cc3)[C@H]2c2ccc(Cl)cc2)cc1. The van der Waals surface area contributed by atoms with E-state index in [1.54, 1.807) is 41.1 Å². The summed E-state index contributed by atoms with van der Waals surface area (Å²) in [6.45, 7) is 2.01. The number of nitrogens with zero attached hydrogens (tertiary/aromatic N) is 1. The first-order valence-electron chi connectivity index (χ1n) is 9.73. The second-order valence-corrected chi connectivity index (χ2v) is 8.25. The van der Waals surface area contributed by atoms with E-state index in [0.717, 1.165) is 16.7 Å². The van der Waals surface area contributed by atoms with Crippen LogP contribution in [0.1, 0.15) is 33.1 Å². The minimum absolute atomic E-state index is 0.300. The normalized spacial score (nSPS) is 19.3. The molecule has 156 valence electrons. The van der Waals surface area contributed by atoms with Gasteiger partial charge in [0.05, 0.1) is 0 Å². The van der Waals surface area contributed by atoms with Gasteiger partial charge in [0.15, 0.2) is 6.04 Å². The fraction of sp³-hybridized carbons (Fsp3) is 0.125. The largest absolute Gasteiger partial charge is 0.334 e. The molecule has 0 aromatic heterocycles. The summed E-state index contributed by atoms with van der Waals surface area (Å²) >= 11 is 12.0. The van der Waals surface area contributed by atoms with E-state index in [1.165, 1.54) is 0 Å². The highest BCUT2D eigenvalue weighted by Gasteiger charge is 2.47. The number of amides is 2. The number of aryl methyl sites for hydroxylation is 1. The number of hydrogen-bond donors (Lipinski definition) is 2. The van der Waals surface area contributed by atoms with E-state index in [4.69, 9.17) is 23.2 Å². The molecular formula is C24H20Cl2N3O2+. The molecule has 0 saturated carbocycles. The van der Waals surface area contributed by atoms with Crippen LogP contribution in [0.3, 0.4) is 0 Å². The van der Waals surface area contributed by atoms with Crippen LogP contribution in [0.2, 0.25) is 10.0 Å². The van der Waals surface area contributed by atoms with Gasteiger partial charge in [0.2, 0.25) is 12.3 Å². The quantitative estimate of drug-likeness (QED) is 0.579. The first-order chi connectivity index (χ1) is 14.9. The predicted octanol–water partition coefficient (Wildman–Crippen LogP) is 4.32. The van der Waals surface area contributed by atoms with Gasteiger partial charge in [-0.1, -0.05) is 53.0 Å². The van der Waals surface area contributed by atoms with E-state index in [2.05, 4.69) is 10.7 Å². The van der Waals surface area contributed by atoms with Crippen molar-refractivity contribution in [3.05, 3.63) is 105 Å². The van der Waals surface area contributed by atoms with Gasteiger partial charge < -0.3 is 5.32 Å². The van der Waals surface area contributed by atoms with Gasteiger partial charge in [0.1, 0.15) is 0 Å². The molecular weight excluding hydrogens is 433 g/mol. The summed E-state index contributed by atoms with van der Waals surface area (Å²) in [5.41, 5.74) is 6.20. The highest BCUT2D eigenvalue weighted by atomic mass is 35.5. The summed E-state index contributed by atoms with van der Waals surface area (Å²) in [7, 11) is 0. The molecule has 0 unspecified atom stereocenters. The molecule has 0 spiro atoms. The van der Waals surface area contributed by atoms with Gasteiger partial charge in [0.25, 0.3) is 5.91 Å². The minimum atomic E-state index is -0.800. The van der Waals surface area contributed by atoms with Crippen molar-refractivity contribution in [2.45, 2.75) is 19.0 Å². The topological polar surface area (TPSA) is 61.2 Å². The van der Waals surface area contributed by atoms with Crippen LogP contribution in [0.5, 0.6) is 0 Å². The molecule has 2 atom stereocenters. The van der Waals surface area contributed by atoms with Crippen LogP contribution in [0.4, 0.5) is 0 Å². The van der Waals surface area contributed by atoms with Crippen molar-refractivity contribution in [2.75, 3.05) is 0 Å². The fourth-order valence-corrected chi connectivity index (χ4v) is 3.73. The molecule has 1 aliphatic heterocycles. The van der Waals surface area contributed by atoms with E-state index in [-0.39, 0.29) is 11.8 Å². The molecule has 0 aliphatic carbocycles. The van der Waals surface area contributed by atoms with Crippen molar-refractivity contribution in [2.24, 2.45) is 0 Å². The number of rotatable bonds is 4. The molecule has 2 amide bonds. The summed E-state index contributed by atoms with van der Waals surface area (Å²) in [6.07, 6.45) is 1.85. The standard InChI is InChI=1S/C24H19Cl2N3O2/c1-15-2-4-16(5-3-15)14-29-22(17-6-10-19(25)11-7-17)21(24(31)28-29)27-23(30)18-8-12-20(26)13-9-18/h2-14,21-22H,1H3,(H-,27,28,30,31)/p+1/b29-14-/t21-,22+/m0/s1. The maximum absolute atomic E-state index is 12.9. The number of halogens is 2. The van der Waals surface area contributed by atoms with Crippen molar-refractivity contribution in [1.82, 2.24) is 10.7 Å². The van der Waals surface area contributed by atoms with Crippen LogP contribution < -0.4 is 10.7 Å². The second-order valence-electron chi connectivity index (χ2n) is 7.38. The molecule has 0 radical (unpaired) electrons. The van der Waals surface area contributed by atoms with Crippen molar-refractivity contribution in [1.29, 1.82) is 0 Å². The molecule has 1 saturated heterocycles. The first-order valence-corrected chi connectivity index (χ1v) is 10.5. The fourth-order valence-electron chi connectivity index (χ4n) is 3.48. The summed E-state index contributed by atoms with van der Waals surface area (Å²) in [5.74, 6) is -0.654. The van der Waals surface area contributed by atoms with Gasteiger partial charge in [-0.15, -0.1) is 10.1 Å². The Kier molecular flexibility index (Phi) is 6.07. The van der Waals surface area contributed by atoms with Crippen LogP contribution in [0.15, 0.2) is 72.8 Å². The van der Waals surface area contributed by atoms with Crippen molar-refractivity contribution < 1.29 is 14.3 Å². The number of nitrogens with one attached hydrogen (secondary N) is 2. The van der Waals surface area contributed by atoms with Crippen LogP contribution in [0, 0.1) is 6.92 Å². The van der Waals surface area contributed by atoms with Gasteiger partial charge in [-0.3, -0.25) is 9.59 Å². The average Bonchev–Trinajstić information content (AvgIpc) is 3.05. The number of hydrogen-bond acceptors (Lipinski definition) is 2. The van der Waals surface area contributed by atoms with E-state index < -0.39 is 12.1 Å². The van der Waals surface area contributed by atoms with Crippen LogP contribution in [-0.2, 0) is 4.79 Å². The molecule has 1 fully saturated rings. The lowest BCUT2D eigenvalue weighted by molar-refractivity contribution is -0.596. The maximum Gasteiger partial charge on any atom is 0.304 e. The Morgan fingerprint density at radius 2 is 1.52 bits per heavy atom. The second kappa shape index (κ2) is 8.92. The average molecular weight is 453 g/mol. The summed E-state index contributed by atoms with van der Waals surface area (Å²) < 4.78 is 1.73. The van der Waals surface area contributed by atoms with Gasteiger partial charge >= 0.3 is 5.91 Å². The van der Waals surface area contributed by atoms with Crippen molar-refractivity contribution >= 4 is 41.2 Å². The molecule has 5 nitrogen and oxygen atoms in total. The monoisotopic (exact) mass is 452 g/mol. The molecule has 3 aromatic rings. The van der Waals surface area contributed by atoms with E-state index in [1.807, 2.05) is 49.5 Å². The number of hydrazone groups is 1. The smallest absolute Gasteiger partial charge is 0.304 e. The Balaban J connectivity index is 1.69. The van der Waals surface area contributed by atoms with Gasteiger partial charge in [0, 0.05) is 26.7 Å². The van der Waals surface area contributed by atoms with Gasteiger partial charge in [-0.05, 0) is 55.5 Å². The number of hydrazine groups is 1. The molecule has 7 heteroatoms. The van der Waals surface area contributed by atoms with Gasteiger partial charge in [-0.2, -0.15) is 0 Å². The number of benzene rings is 3. The van der Waals surface area contributed by atoms with Crippen LogP contribution in [0.25, 0.3) is 0 Å². The number of carbonyl (C=O) groups excluding carboxylic acids is 2. The Morgan fingerprint density at radius 3 is 2.13 bits per heavy atom. The highest BCUT2D eigenvalue weighted by Crippen LogP contribution is 2.27. The Labute approximate surface area is 190 Å². The van der Waals surface area contributed by atoms with Crippen LogP contribution in [-0.4, -0.2) is 28.8 Å². The molecule has 2 N–H and O–H groups in total. The lowest BCUT2D eigenvalue weighted by atomic mass is 9.99. The summed E-state index contributed by atoms with van der Waals surface area (Å²) in [6, 6.07) is 20.4. The molecule has 4 rings (SSSR count). The summed E-state index contributed by atoms with van der Waals surface area (Å²) in [4.78, 5) is 25.7. The predicted molar refractivity (Wildman–Crippen MR) is 122 cm³/mol. The van der Waals surface area contributed by atoms with Crippen molar-refractivity contribution in [3.63, 3.8) is 0 Å². The zero-order valence-corrected chi connectivity index (χ0v) is 18.2. The third kappa shape index (κ3) is 4.79. The first kappa shape index (κ1) is 21.1. The zero-order chi connectivity index (χ0) is 22.0. The lowest BCUT2D eigenvalue weighted by Gasteiger charge is -2.15. The Bertz CT molecular complexity index is 1140. The Morgan fingerprint density at radius 1 is 0.935 bits per heavy atom. The molecule has 3 aromatic carbocycles. The molecule has 1 heterocycles. The summed E-state index contributed by atoms with van der Waals surface area (Å²) in [5, 5.41) is 3.99. The van der Waals surface area contributed by atoms with Crippen LogP contribution >= 0.6 is 23.2 Å². The van der Waals surface area contributed by atoms with E-state index in [9.17, 15) is 9.59 Å². The zero-order valence-electron chi connectivity index (χ0n) is 16.7. The van der Waals surface area contributed by atoms with E-state index >= 15 is 0 Å².